The van der Waals surface area contributed by atoms with Crippen LogP contribution in [0.3, 0.4) is 0 Å². The maximum absolute atomic E-state index is 11.8. The van der Waals surface area contributed by atoms with Crippen molar-refractivity contribution in [1.29, 1.82) is 0 Å². The first-order valence-electron chi connectivity index (χ1n) is 13.1. The zero-order valence-electron chi connectivity index (χ0n) is 21.2. The first-order valence-corrected chi connectivity index (χ1v) is 14.9. The van der Waals surface area contributed by atoms with Crippen molar-refractivity contribution < 1.29 is 8.42 Å². The van der Waals surface area contributed by atoms with E-state index in [1.807, 2.05) is 13.1 Å². The van der Waals surface area contributed by atoms with Gasteiger partial charge < -0.3 is 9.88 Å². The van der Waals surface area contributed by atoms with E-state index in [2.05, 4.69) is 63.5 Å². The highest BCUT2D eigenvalue weighted by Crippen LogP contribution is 2.39. The number of nitrogens with one attached hydrogen (secondary N) is 1. The Morgan fingerprint density at radius 2 is 1.81 bits per heavy atom. The number of hydrogen-bond donors (Lipinski definition) is 1. The first-order chi connectivity index (χ1) is 17.3. The summed E-state index contributed by atoms with van der Waals surface area (Å²) in [5.74, 6) is 1.60. The second kappa shape index (κ2) is 8.95. The minimum atomic E-state index is -2.81. The van der Waals surface area contributed by atoms with E-state index < -0.39 is 9.84 Å². The summed E-state index contributed by atoms with van der Waals surface area (Å²) in [6.45, 7) is 8.65. The fraction of sp³-hybridized carbons (Fsp3) is 0.519. The molecule has 0 unspecified atom stereocenters. The van der Waals surface area contributed by atoms with E-state index in [1.54, 1.807) is 4.52 Å². The second-order valence-corrected chi connectivity index (χ2v) is 13.2. The van der Waals surface area contributed by atoms with Crippen LogP contribution in [0.4, 0.5) is 0 Å². The number of tetrazole rings is 1. The van der Waals surface area contributed by atoms with Crippen molar-refractivity contribution in [3.05, 3.63) is 47.2 Å². The molecule has 6 rings (SSSR count). The molecule has 36 heavy (non-hydrogen) atoms. The SMILES string of the molecule is Cc1cc(-c2[nH]c3ccc(C4CCN(C5CCS(=O)(=O)CC5)CC4)cc3c2C(C)C)cn2nnnc12. The summed E-state index contributed by atoms with van der Waals surface area (Å²) in [7, 11) is -2.81. The van der Waals surface area contributed by atoms with E-state index in [4.69, 9.17) is 0 Å². The van der Waals surface area contributed by atoms with Crippen LogP contribution < -0.4 is 0 Å². The Hall–Kier alpha value is -2.78. The summed E-state index contributed by atoms with van der Waals surface area (Å²) in [6, 6.07) is 9.52. The Morgan fingerprint density at radius 3 is 2.53 bits per heavy atom. The Kier molecular flexibility index (Phi) is 5.87. The molecule has 2 aliphatic rings. The van der Waals surface area contributed by atoms with E-state index in [0.29, 0.717) is 29.4 Å². The summed E-state index contributed by atoms with van der Waals surface area (Å²) in [5, 5.41) is 13.4. The first kappa shape index (κ1) is 23.6. The fourth-order valence-corrected chi connectivity index (χ4v) is 7.76. The van der Waals surface area contributed by atoms with Crippen LogP contribution in [0.1, 0.15) is 68.1 Å². The average Bonchev–Trinajstić information content (AvgIpc) is 3.49. The molecule has 0 atom stereocenters. The van der Waals surface area contributed by atoms with Crippen LogP contribution in [-0.4, -0.2) is 69.0 Å². The largest absolute Gasteiger partial charge is 0.354 e. The number of benzene rings is 1. The predicted molar refractivity (Wildman–Crippen MR) is 142 cm³/mol. The van der Waals surface area contributed by atoms with Crippen molar-refractivity contribution in [2.24, 2.45) is 0 Å². The van der Waals surface area contributed by atoms with E-state index >= 15 is 0 Å². The molecule has 0 spiro atoms. The van der Waals surface area contributed by atoms with Gasteiger partial charge in [-0.25, -0.2) is 8.42 Å². The van der Waals surface area contributed by atoms with Gasteiger partial charge in [0, 0.05) is 28.7 Å². The lowest BCUT2D eigenvalue weighted by atomic mass is 9.87. The van der Waals surface area contributed by atoms with Crippen molar-refractivity contribution in [2.75, 3.05) is 24.6 Å². The number of piperidine rings is 1. The van der Waals surface area contributed by atoms with Gasteiger partial charge in [-0.1, -0.05) is 19.9 Å². The van der Waals surface area contributed by atoms with E-state index in [1.165, 1.54) is 16.5 Å². The number of pyridine rings is 1. The number of rotatable bonds is 4. The number of H-pyrrole nitrogens is 1. The Bertz CT molecular complexity index is 1510. The van der Waals surface area contributed by atoms with Crippen LogP contribution >= 0.6 is 0 Å². The van der Waals surface area contributed by atoms with Gasteiger partial charge in [0.1, 0.15) is 9.84 Å². The standard InChI is InChI=1S/C27H34N6O2S/c1-17(2)25-23-15-20(19-6-10-32(11-7-19)22-8-12-36(34,35)13-9-22)4-5-24(23)28-26(25)21-14-18(3)27-29-30-31-33(27)16-21/h4-5,14-17,19,22,28H,6-13H2,1-3H3. The maximum atomic E-state index is 11.8. The quantitative estimate of drug-likeness (QED) is 0.439. The third-order valence-electron chi connectivity index (χ3n) is 8.25. The lowest BCUT2D eigenvalue weighted by Gasteiger charge is -2.39. The lowest BCUT2D eigenvalue weighted by molar-refractivity contribution is 0.142. The van der Waals surface area contributed by atoms with Crippen LogP contribution in [0.2, 0.25) is 0 Å². The van der Waals surface area contributed by atoms with Gasteiger partial charge in [0.15, 0.2) is 5.65 Å². The molecule has 0 radical (unpaired) electrons. The van der Waals surface area contributed by atoms with Gasteiger partial charge in [0.2, 0.25) is 0 Å². The number of sulfone groups is 1. The summed E-state index contributed by atoms with van der Waals surface area (Å²) >= 11 is 0. The summed E-state index contributed by atoms with van der Waals surface area (Å²) in [6.07, 6.45) is 5.83. The fourth-order valence-electron chi connectivity index (χ4n) is 6.30. The molecule has 1 aromatic carbocycles. The molecule has 8 nitrogen and oxygen atoms in total. The molecule has 190 valence electrons. The third-order valence-corrected chi connectivity index (χ3v) is 9.96. The predicted octanol–water partition coefficient (Wildman–Crippen LogP) is 4.46. The van der Waals surface area contributed by atoms with Crippen LogP contribution in [0, 0.1) is 6.92 Å². The molecule has 0 aliphatic carbocycles. The van der Waals surface area contributed by atoms with Crippen molar-refractivity contribution in [3.63, 3.8) is 0 Å². The number of aromatic nitrogens is 5. The third kappa shape index (κ3) is 4.22. The van der Waals surface area contributed by atoms with Crippen molar-refractivity contribution in [3.8, 4) is 11.3 Å². The van der Waals surface area contributed by atoms with E-state index in [9.17, 15) is 8.42 Å². The average molecular weight is 507 g/mol. The molecule has 4 aromatic rings. The molecule has 2 saturated heterocycles. The normalized spacial score (nSPS) is 20.1. The van der Waals surface area contributed by atoms with Gasteiger partial charge in [-0.3, -0.25) is 0 Å². The van der Waals surface area contributed by atoms with Gasteiger partial charge in [0.05, 0.1) is 17.2 Å². The number of aryl methyl sites for hydroxylation is 1. The van der Waals surface area contributed by atoms with Gasteiger partial charge in [-0.15, -0.1) is 5.10 Å². The second-order valence-electron chi connectivity index (χ2n) is 10.9. The van der Waals surface area contributed by atoms with Crippen LogP contribution in [0.25, 0.3) is 27.8 Å². The molecular formula is C27H34N6O2S. The number of aromatic amines is 1. The van der Waals surface area contributed by atoms with E-state index in [-0.39, 0.29) is 0 Å². The van der Waals surface area contributed by atoms with Crippen molar-refractivity contribution >= 4 is 26.4 Å². The zero-order chi connectivity index (χ0) is 25.0. The molecule has 5 heterocycles. The minimum Gasteiger partial charge on any atom is -0.354 e. The summed E-state index contributed by atoms with van der Waals surface area (Å²) < 4.78 is 25.4. The molecule has 9 heteroatoms. The smallest absolute Gasteiger partial charge is 0.182 e. The van der Waals surface area contributed by atoms with Gasteiger partial charge >= 0.3 is 0 Å². The lowest BCUT2D eigenvalue weighted by Crippen LogP contribution is -2.44. The summed E-state index contributed by atoms with van der Waals surface area (Å²) in [4.78, 5) is 6.23. The van der Waals surface area contributed by atoms with Crippen LogP contribution in [0.5, 0.6) is 0 Å². The Labute approximate surface area is 212 Å². The highest BCUT2D eigenvalue weighted by Gasteiger charge is 2.31. The molecule has 0 saturated carbocycles. The van der Waals surface area contributed by atoms with Crippen LogP contribution in [-0.2, 0) is 9.84 Å². The molecule has 3 aromatic heterocycles. The van der Waals surface area contributed by atoms with Crippen molar-refractivity contribution in [1.82, 2.24) is 29.9 Å². The van der Waals surface area contributed by atoms with Gasteiger partial charge in [0.25, 0.3) is 0 Å². The van der Waals surface area contributed by atoms with Gasteiger partial charge in [-0.05, 0) is 103 Å². The Balaban J connectivity index is 1.27. The minimum absolute atomic E-state index is 0.349. The zero-order valence-corrected chi connectivity index (χ0v) is 22.1. The molecule has 0 amide bonds. The number of likely N-dealkylation sites (tertiary alicyclic amines) is 1. The number of hydrogen-bond acceptors (Lipinski definition) is 6. The topological polar surface area (TPSA) is 96.2 Å². The molecule has 0 bridgehead atoms. The maximum Gasteiger partial charge on any atom is 0.182 e. The van der Waals surface area contributed by atoms with Crippen molar-refractivity contribution in [2.45, 2.75) is 64.3 Å². The monoisotopic (exact) mass is 506 g/mol. The highest BCUT2D eigenvalue weighted by atomic mass is 32.2. The molecule has 2 aliphatic heterocycles. The van der Waals surface area contributed by atoms with Crippen LogP contribution in [0.15, 0.2) is 30.5 Å². The summed E-state index contributed by atoms with van der Waals surface area (Å²) in [5.41, 5.74) is 7.97. The van der Waals surface area contributed by atoms with E-state index in [0.717, 1.165) is 66.8 Å². The molecular weight excluding hydrogens is 472 g/mol. The molecule has 2 fully saturated rings. The Morgan fingerprint density at radius 1 is 1.06 bits per heavy atom. The highest BCUT2D eigenvalue weighted by molar-refractivity contribution is 7.91. The van der Waals surface area contributed by atoms with Gasteiger partial charge in [-0.2, -0.15) is 4.52 Å². The number of fused-ring (bicyclic) bond motifs is 2. The molecule has 1 N–H and O–H groups in total. The number of nitrogens with zero attached hydrogens (tertiary/aromatic N) is 5.